The monoisotopic (exact) mass is 252 g/mol. The first-order valence-electron chi connectivity index (χ1n) is 6.26. The van der Waals surface area contributed by atoms with E-state index in [9.17, 15) is 0 Å². The van der Waals surface area contributed by atoms with Crippen molar-refractivity contribution in [1.29, 1.82) is 0 Å². The Morgan fingerprint density at radius 3 is 2.79 bits per heavy atom. The zero-order chi connectivity index (χ0) is 13.4. The molecule has 0 aliphatic carbocycles. The van der Waals surface area contributed by atoms with Crippen molar-refractivity contribution in [2.75, 3.05) is 0 Å². The molecule has 0 amide bonds. The van der Waals surface area contributed by atoms with E-state index < -0.39 is 0 Å². The Kier molecular flexibility index (Phi) is 2.80. The fraction of sp³-hybridized carbons (Fsp3) is 0.200. The second kappa shape index (κ2) is 4.48. The highest BCUT2D eigenvalue weighted by Gasteiger charge is 2.16. The number of benzene rings is 1. The minimum absolute atomic E-state index is 0.302. The molecule has 0 saturated heterocycles. The molecule has 19 heavy (non-hydrogen) atoms. The highest BCUT2D eigenvalue weighted by Crippen LogP contribution is 2.22. The van der Waals surface area contributed by atoms with Gasteiger partial charge in [0.05, 0.1) is 11.2 Å². The topological polar surface area (TPSA) is 56.7 Å². The number of rotatable bonds is 2. The van der Waals surface area contributed by atoms with Crippen molar-refractivity contribution >= 4 is 10.9 Å². The molecule has 96 valence electrons. The SMILES string of the molecule is Cc1cc(C(N)c2nccn2C)nc2ccccc12. The molecule has 2 heterocycles. The lowest BCUT2D eigenvalue weighted by Gasteiger charge is -2.13. The Balaban J connectivity index is 2.13. The van der Waals surface area contributed by atoms with Crippen LogP contribution in [-0.2, 0) is 7.05 Å². The second-order valence-corrected chi connectivity index (χ2v) is 4.76. The van der Waals surface area contributed by atoms with E-state index >= 15 is 0 Å². The first-order chi connectivity index (χ1) is 9.16. The van der Waals surface area contributed by atoms with Crippen LogP contribution in [0, 0.1) is 6.92 Å². The number of aryl methyl sites for hydroxylation is 2. The van der Waals surface area contributed by atoms with Crippen LogP contribution in [-0.4, -0.2) is 14.5 Å². The molecular formula is C15H16N4. The summed E-state index contributed by atoms with van der Waals surface area (Å²) < 4.78 is 1.93. The largest absolute Gasteiger partial charge is 0.336 e. The van der Waals surface area contributed by atoms with Crippen molar-refractivity contribution in [3.63, 3.8) is 0 Å². The first-order valence-corrected chi connectivity index (χ1v) is 6.26. The summed E-state index contributed by atoms with van der Waals surface area (Å²) in [7, 11) is 1.94. The number of pyridine rings is 1. The van der Waals surface area contributed by atoms with E-state index in [-0.39, 0.29) is 6.04 Å². The number of fused-ring (bicyclic) bond motifs is 1. The van der Waals surface area contributed by atoms with Crippen molar-refractivity contribution in [3.8, 4) is 0 Å². The number of para-hydroxylation sites is 1. The van der Waals surface area contributed by atoms with Gasteiger partial charge in [0.2, 0.25) is 0 Å². The van der Waals surface area contributed by atoms with Gasteiger partial charge in [-0.05, 0) is 24.6 Å². The molecule has 0 fully saturated rings. The fourth-order valence-electron chi connectivity index (χ4n) is 2.34. The summed E-state index contributed by atoms with van der Waals surface area (Å²) in [5.74, 6) is 0.821. The predicted octanol–water partition coefficient (Wildman–Crippen LogP) is 2.32. The quantitative estimate of drug-likeness (QED) is 0.761. The average molecular weight is 252 g/mol. The molecule has 3 aromatic rings. The highest BCUT2D eigenvalue weighted by molar-refractivity contribution is 5.82. The lowest BCUT2D eigenvalue weighted by Crippen LogP contribution is -2.18. The molecule has 0 aliphatic heterocycles. The van der Waals surface area contributed by atoms with Crippen LogP contribution in [0.15, 0.2) is 42.7 Å². The van der Waals surface area contributed by atoms with Gasteiger partial charge in [0.15, 0.2) is 0 Å². The molecule has 2 aromatic heterocycles. The van der Waals surface area contributed by atoms with Gasteiger partial charge in [-0.1, -0.05) is 18.2 Å². The Hall–Kier alpha value is -2.20. The maximum Gasteiger partial charge on any atom is 0.131 e. The van der Waals surface area contributed by atoms with Crippen LogP contribution in [0.25, 0.3) is 10.9 Å². The molecular weight excluding hydrogens is 236 g/mol. The predicted molar refractivity (Wildman–Crippen MR) is 75.7 cm³/mol. The molecule has 0 saturated carbocycles. The van der Waals surface area contributed by atoms with Gasteiger partial charge in [0, 0.05) is 24.8 Å². The van der Waals surface area contributed by atoms with Crippen LogP contribution in [0.2, 0.25) is 0 Å². The summed E-state index contributed by atoms with van der Waals surface area (Å²) >= 11 is 0. The van der Waals surface area contributed by atoms with E-state index in [2.05, 4.69) is 23.0 Å². The van der Waals surface area contributed by atoms with Gasteiger partial charge in [0.1, 0.15) is 11.9 Å². The molecule has 0 aliphatic rings. The number of nitrogens with two attached hydrogens (primary N) is 1. The van der Waals surface area contributed by atoms with E-state index in [4.69, 9.17) is 5.73 Å². The van der Waals surface area contributed by atoms with E-state index in [1.807, 2.05) is 42.1 Å². The molecule has 0 bridgehead atoms. The minimum atomic E-state index is -0.302. The Morgan fingerprint density at radius 1 is 1.26 bits per heavy atom. The van der Waals surface area contributed by atoms with Gasteiger partial charge >= 0.3 is 0 Å². The summed E-state index contributed by atoms with van der Waals surface area (Å²) in [4.78, 5) is 8.95. The molecule has 4 heteroatoms. The molecule has 2 N–H and O–H groups in total. The first kappa shape index (κ1) is 11.9. The van der Waals surface area contributed by atoms with Crippen molar-refractivity contribution in [3.05, 3.63) is 59.8 Å². The minimum Gasteiger partial charge on any atom is -0.336 e. The van der Waals surface area contributed by atoms with Crippen molar-refractivity contribution < 1.29 is 0 Å². The number of hydrogen-bond acceptors (Lipinski definition) is 3. The summed E-state index contributed by atoms with van der Waals surface area (Å²) in [6.07, 6.45) is 3.65. The maximum atomic E-state index is 6.28. The second-order valence-electron chi connectivity index (χ2n) is 4.76. The molecule has 1 aromatic carbocycles. The van der Waals surface area contributed by atoms with E-state index in [0.29, 0.717) is 0 Å². The van der Waals surface area contributed by atoms with E-state index in [1.165, 1.54) is 10.9 Å². The molecule has 0 radical (unpaired) electrons. The van der Waals surface area contributed by atoms with Crippen molar-refractivity contribution in [2.45, 2.75) is 13.0 Å². The fourth-order valence-corrected chi connectivity index (χ4v) is 2.34. The van der Waals surface area contributed by atoms with Gasteiger partial charge in [-0.25, -0.2) is 4.98 Å². The molecule has 1 unspecified atom stereocenters. The molecule has 0 spiro atoms. The van der Waals surface area contributed by atoms with E-state index in [0.717, 1.165) is 17.0 Å². The standard InChI is InChI=1S/C15H16N4/c1-10-9-13(14(16)15-17-7-8-19(15)2)18-12-6-4-3-5-11(10)12/h3-9,14H,16H2,1-2H3. The van der Waals surface area contributed by atoms with Crippen LogP contribution in [0.4, 0.5) is 0 Å². The lowest BCUT2D eigenvalue weighted by atomic mass is 10.1. The van der Waals surface area contributed by atoms with Crippen LogP contribution < -0.4 is 5.73 Å². The van der Waals surface area contributed by atoms with Gasteiger partial charge in [0.25, 0.3) is 0 Å². The summed E-state index contributed by atoms with van der Waals surface area (Å²) in [6, 6.07) is 9.84. The molecule has 1 atom stereocenters. The Labute approximate surface area is 111 Å². The zero-order valence-corrected chi connectivity index (χ0v) is 11.0. The van der Waals surface area contributed by atoms with Crippen molar-refractivity contribution in [2.24, 2.45) is 12.8 Å². The molecule has 4 nitrogen and oxygen atoms in total. The normalized spacial score (nSPS) is 12.8. The Bertz CT molecular complexity index is 730. The number of nitrogens with zero attached hydrogens (tertiary/aromatic N) is 3. The van der Waals surface area contributed by atoms with Crippen LogP contribution in [0.3, 0.4) is 0 Å². The number of aromatic nitrogens is 3. The van der Waals surface area contributed by atoms with Gasteiger partial charge < -0.3 is 10.3 Å². The van der Waals surface area contributed by atoms with Gasteiger partial charge in [-0.15, -0.1) is 0 Å². The van der Waals surface area contributed by atoms with Crippen LogP contribution in [0.5, 0.6) is 0 Å². The lowest BCUT2D eigenvalue weighted by molar-refractivity contribution is 0.702. The van der Waals surface area contributed by atoms with Crippen LogP contribution >= 0.6 is 0 Å². The van der Waals surface area contributed by atoms with Crippen LogP contribution in [0.1, 0.15) is 23.1 Å². The maximum absolute atomic E-state index is 6.28. The summed E-state index contributed by atoms with van der Waals surface area (Å²) in [5, 5.41) is 1.17. The third kappa shape index (κ3) is 2.00. The van der Waals surface area contributed by atoms with Crippen molar-refractivity contribution in [1.82, 2.24) is 14.5 Å². The molecule has 3 rings (SSSR count). The third-order valence-electron chi connectivity index (χ3n) is 3.40. The van der Waals surface area contributed by atoms with E-state index in [1.54, 1.807) is 6.20 Å². The zero-order valence-electron chi connectivity index (χ0n) is 11.0. The number of hydrogen-bond donors (Lipinski definition) is 1. The third-order valence-corrected chi connectivity index (χ3v) is 3.40. The Morgan fingerprint density at radius 2 is 2.05 bits per heavy atom. The van der Waals surface area contributed by atoms with Gasteiger partial charge in [-0.2, -0.15) is 0 Å². The van der Waals surface area contributed by atoms with Gasteiger partial charge in [-0.3, -0.25) is 4.98 Å². The smallest absolute Gasteiger partial charge is 0.131 e. The summed E-state index contributed by atoms with van der Waals surface area (Å²) in [5.41, 5.74) is 9.29. The highest BCUT2D eigenvalue weighted by atomic mass is 15.1. The number of imidazole rings is 1. The summed E-state index contributed by atoms with van der Waals surface area (Å²) in [6.45, 7) is 2.08. The average Bonchev–Trinajstić information content (AvgIpc) is 2.84.